The molecule has 0 saturated carbocycles. The quantitative estimate of drug-likeness (QED) is 0.181. The number of nitrogens with zero attached hydrogens (tertiary/aromatic N) is 2. The molecule has 0 spiro atoms. The highest BCUT2D eigenvalue weighted by Gasteiger charge is 2.40. The van der Waals surface area contributed by atoms with Crippen molar-refractivity contribution in [3.05, 3.63) is 115 Å². The molecule has 4 rings (SSSR count). The van der Waals surface area contributed by atoms with Crippen LogP contribution in [0.25, 0.3) is 0 Å². The number of halogens is 2. The minimum atomic E-state index is -0.777. The molecule has 3 aromatic rings. The summed E-state index contributed by atoms with van der Waals surface area (Å²) in [6.45, 7) is 3.78. The van der Waals surface area contributed by atoms with Gasteiger partial charge < -0.3 is 25.7 Å². The molecule has 2 amide bonds. The van der Waals surface area contributed by atoms with Gasteiger partial charge in [-0.05, 0) is 90.9 Å². The lowest BCUT2D eigenvalue weighted by Crippen LogP contribution is -2.47. The number of anilines is 1. The summed E-state index contributed by atoms with van der Waals surface area (Å²) < 4.78 is 33.6. The number of nitrogens with one attached hydrogen (secondary N) is 1. The second-order valence-electron chi connectivity index (χ2n) is 9.87. The number of benzene rings is 3. The van der Waals surface area contributed by atoms with Gasteiger partial charge >= 0.3 is 0 Å². The van der Waals surface area contributed by atoms with Gasteiger partial charge in [0, 0.05) is 24.6 Å². The molecule has 0 radical (unpaired) electrons. The number of hydrogen-bond donors (Lipinski definition) is 3. The van der Waals surface area contributed by atoms with E-state index in [1.807, 2.05) is 6.07 Å². The van der Waals surface area contributed by atoms with Gasteiger partial charge in [-0.1, -0.05) is 18.2 Å². The minimum absolute atomic E-state index is 0.141. The Morgan fingerprint density at radius 3 is 2.39 bits per heavy atom. The van der Waals surface area contributed by atoms with Crippen LogP contribution in [0, 0.1) is 17.6 Å². The summed E-state index contributed by atoms with van der Waals surface area (Å²) in [5.74, 6) is 5.26. The monoisotopic (exact) mass is 561 g/mol. The molecule has 1 fully saturated rings. The number of likely N-dealkylation sites (tertiary alicyclic amines) is 1. The van der Waals surface area contributed by atoms with E-state index in [0.29, 0.717) is 42.0 Å². The van der Waals surface area contributed by atoms with Gasteiger partial charge in [-0.15, -0.1) is 6.58 Å². The van der Waals surface area contributed by atoms with Gasteiger partial charge in [0.2, 0.25) is 11.8 Å². The fraction of sp³-hybridized carbons (Fsp3) is 0.226. The van der Waals surface area contributed by atoms with E-state index in [1.54, 1.807) is 36.4 Å². The first kappa shape index (κ1) is 29.3. The smallest absolute Gasteiger partial charge is 0.247 e. The molecule has 3 aromatic carbocycles. The third-order valence-electron chi connectivity index (χ3n) is 6.78. The molecule has 214 valence electrons. The molecule has 1 heterocycles. The minimum Gasteiger partial charge on any atom is -0.457 e. The van der Waals surface area contributed by atoms with E-state index in [2.05, 4.69) is 11.9 Å². The zero-order valence-electron chi connectivity index (χ0n) is 22.5. The Labute approximate surface area is 237 Å². The van der Waals surface area contributed by atoms with E-state index < -0.39 is 6.04 Å². The van der Waals surface area contributed by atoms with Crippen LogP contribution in [0.4, 0.5) is 14.5 Å². The number of allylic oxidation sites excluding steroid dienone is 1. The van der Waals surface area contributed by atoms with Crippen molar-refractivity contribution in [3.8, 4) is 11.5 Å². The van der Waals surface area contributed by atoms with Gasteiger partial charge in [0.25, 0.3) is 0 Å². The Morgan fingerprint density at radius 1 is 1.07 bits per heavy atom. The second kappa shape index (κ2) is 13.6. The van der Waals surface area contributed by atoms with Crippen molar-refractivity contribution >= 4 is 17.5 Å². The molecule has 1 aliphatic rings. The summed E-state index contributed by atoms with van der Waals surface area (Å²) in [5, 5.41) is 4.00. The standard InChI is InChI=1S/C31H33F2N5O3/c1-2-3-21-4-5-23(28(33)17-21)16-22-18-29(38(19-22)30(39)20-37(35)15-14-34)31(40)36-25-8-12-27(13-9-25)41-26-10-6-24(32)7-11-26/h2,4-15,17,22,29H,1,3,16,18-20,34-35H2,(H,36,40)/b15-14-/t22-,29+/m1/s1. The van der Waals surface area contributed by atoms with Gasteiger partial charge in [0.05, 0.1) is 0 Å². The fourth-order valence-electron chi connectivity index (χ4n) is 4.84. The zero-order valence-corrected chi connectivity index (χ0v) is 22.5. The second-order valence-corrected chi connectivity index (χ2v) is 9.87. The maximum Gasteiger partial charge on any atom is 0.247 e. The number of carbonyl (C=O) groups excluding carboxylic acids is 2. The molecule has 10 heteroatoms. The Balaban J connectivity index is 1.46. The Kier molecular flexibility index (Phi) is 9.70. The number of hydrogen-bond acceptors (Lipinski definition) is 6. The summed E-state index contributed by atoms with van der Waals surface area (Å²) in [4.78, 5) is 28.0. The van der Waals surface area contributed by atoms with Crippen LogP contribution in [-0.2, 0) is 22.4 Å². The van der Waals surface area contributed by atoms with E-state index in [9.17, 15) is 18.4 Å². The lowest BCUT2D eigenvalue weighted by Gasteiger charge is -2.26. The van der Waals surface area contributed by atoms with Crippen LogP contribution < -0.4 is 21.6 Å². The number of nitrogens with two attached hydrogens (primary N) is 2. The van der Waals surface area contributed by atoms with Gasteiger partial charge in [0.1, 0.15) is 35.7 Å². The SMILES string of the molecule is C=CCc1ccc(C[C@@H]2C[C@@H](C(=O)Nc3ccc(Oc4ccc(F)cc4)cc3)N(C(=O)CN(N)/C=C\N)C2)c(F)c1. The predicted octanol–water partition coefficient (Wildman–Crippen LogP) is 4.49. The topological polar surface area (TPSA) is 114 Å². The normalized spacial score (nSPS) is 16.5. The zero-order chi connectivity index (χ0) is 29.4. The molecule has 41 heavy (non-hydrogen) atoms. The van der Waals surface area contributed by atoms with Crippen molar-refractivity contribution in [2.24, 2.45) is 17.5 Å². The highest BCUT2D eigenvalue weighted by atomic mass is 19.1. The molecule has 8 nitrogen and oxygen atoms in total. The molecular formula is C31H33F2N5O3. The van der Waals surface area contributed by atoms with Crippen LogP contribution in [0.1, 0.15) is 17.5 Å². The molecule has 2 atom stereocenters. The number of rotatable bonds is 11. The maximum absolute atomic E-state index is 14.8. The highest BCUT2D eigenvalue weighted by Crippen LogP contribution is 2.30. The molecule has 0 aliphatic carbocycles. The number of carbonyl (C=O) groups is 2. The van der Waals surface area contributed by atoms with Crippen LogP contribution in [0.2, 0.25) is 0 Å². The number of hydrazine groups is 1. The predicted molar refractivity (Wildman–Crippen MR) is 153 cm³/mol. The Morgan fingerprint density at radius 2 is 1.76 bits per heavy atom. The maximum atomic E-state index is 14.8. The highest BCUT2D eigenvalue weighted by molar-refractivity contribution is 5.97. The average Bonchev–Trinajstić information content (AvgIpc) is 3.37. The molecule has 0 bridgehead atoms. The summed E-state index contributed by atoms with van der Waals surface area (Å²) in [5.41, 5.74) is 7.24. The van der Waals surface area contributed by atoms with E-state index in [0.717, 1.165) is 10.6 Å². The first-order valence-electron chi connectivity index (χ1n) is 13.2. The number of ether oxygens (including phenoxy) is 1. The van der Waals surface area contributed by atoms with Gasteiger partial charge in [-0.2, -0.15) is 0 Å². The van der Waals surface area contributed by atoms with Crippen LogP contribution in [-0.4, -0.2) is 40.9 Å². The van der Waals surface area contributed by atoms with E-state index in [-0.39, 0.29) is 42.5 Å². The number of amides is 2. The van der Waals surface area contributed by atoms with Gasteiger partial charge in [0.15, 0.2) is 0 Å². The van der Waals surface area contributed by atoms with Crippen molar-refractivity contribution in [2.75, 3.05) is 18.4 Å². The van der Waals surface area contributed by atoms with Crippen LogP contribution in [0.5, 0.6) is 11.5 Å². The largest absolute Gasteiger partial charge is 0.457 e. The Bertz CT molecular complexity index is 1400. The first-order valence-corrected chi connectivity index (χ1v) is 13.2. The molecule has 1 saturated heterocycles. The molecule has 0 aromatic heterocycles. The van der Waals surface area contributed by atoms with Crippen LogP contribution in [0.3, 0.4) is 0 Å². The summed E-state index contributed by atoms with van der Waals surface area (Å²) in [6, 6.07) is 16.6. The molecule has 5 N–H and O–H groups in total. The van der Waals surface area contributed by atoms with Crippen molar-refractivity contribution in [1.29, 1.82) is 0 Å². The third kappa shape index (κ3) is 7.92. The Hall–Kier alpha value is -4.70. The summed E-state index contributed by atoms with van der Waals surface area (Å²) in [7, 11) is 0. The summed E-state index contributed by atoms with van der Waals surface area (Å²) in [6.07, 6.45) is 5.58. The lowest BCUT2D eigenvalue weighted by atomic mass is 9.95. The molecular weight excluding hydrogens is 528 g/mol. The van der Waals surface area contributed by atoms with Gasteiger partial charge in [-0.3, -0.25) is 9.59 Å². The van der Waals surface area contributed by atoms with E-state index in [1.165, 1.54) is 47.6 Å². The van der Waals surface area contributed by atoms with Gasteiger partial charge in [-0.25, -0.2) is 14.6 Å². The molecule has 0 unspecified atom stereocenters. The van der Waals surface area contributed by atoms with Crippen LogP contribution >= 0.6 is 0 Å². The van der Waals surface area contributed by atoms with Crippen molar-refractivity contribution in [2.45, 2.75) is 25.3 Å². The third-order valence-corrected chi connectivity index (χ3v) is 6.78. The van der Waals surface area contributed by atoms with Crippen molar-refractivity contribution < 1.29 is 23.1 Å². The van der Waals surface area contributed by atoms with Crippen molar-refractivity contribution in [3.63, 3.8) is 0 Å². The lowest BCUT2D eigenvalue weighted by molar-refractivity contribution is -0.137. The van der Waals surface area contributed by atoms with Crippen molar-refractivity contribution in [1.82, 2.24) is 9.91 Å². The summed E-state index contributed by atoms with van der Waals surface area (Å²) >= 11 is 0. The average molecular weight is 562 g/mol. The fourth-order valence-corrected chi connectivity index (χ4v) is 4.84. The van der Waals surface area contributed by atoms with Crippen LogP contribution in [0.15, 0.2) is 91.8 Å². The van der Waals surface area contributed by atoms with E-state index in [4.69, 9.17) is 16.3 Å². The first-order chi connectivity index (χ1) is 19.7. The van der Waals surface area contributed by atoms with E-state index >= 15 is 0 Å². The molecule has 1 aliphatic heterocycles.